The number of amides is 3. The Kier molecular flexibility index (Phi) is 6.12. The molecule has 1 unspecified atom stereocenters. The average molecular weight is 507 g/mol. The minimum Gasteiger partial charge on any atom is -0.470 e. The summed E-state index contributed by atoms with van der Waals surface area (Å²) in [5.74, 6) is -0.0848. The molecule has 0 saturated heterocycles. The van der Waals surface area contributed by atoms with Crippen molar-refractivity contribution in [1.82, 2.24) is 15.6 Å². The summed E-state index contributed by atoms with van der Waals surface area (Å²) >= 11 is 0. The molecule has 196 valence electrons. The molecule has 3 fully saturated rings. The van der Waals surface area contributed by atoms with E-state index >= 15 is 0 Å². The number of fused-ring (bicyclic) bond motifs is 2. The third-order valence-corrected chi connectivity index (χ3v) is 7.69. The number of pyridine rings is 1. The highest BCUT2D eigenvalue weighted by Crippen LogP contribution is 2.78. The second-order valence-corrected chi connectivity index (χ2v) is 11.7. The molecule has 1 aromatic heterocycles. The molecule has 37 heavy (non-hydrogen) atoms. The van der Waals surface area contributed by atoms with E-state index in [0.717, 1.165) is 31.2 Å². The third kappa shape index (κ3) is 5.12. The van der Waals surface area contributed by atoms with E-state index in [9.17, 15) is 14.4 Å². The topological polar surface area (TPSA) is 133 Å². The number of alkyl carbamates (subject to hydrolysis) is 1. The Labute approximate surface area is 216 Å². The maximum atomic E-state index is 13.2. The van der Waals surface area contributed by atoms with Gasteiger partial charge in [-0.15, -0.1) is 0 Å². The number of nitrogens with one attached hydrogen (secondary N) is 2. The van der Waals surface area contributed by atoms with Gasteiger partial charge in [0.25, 0.3) is 5.91 Å². The first-order chi connectivity index (χ1) is 17.5. The molecule has 0 radical (unpaired) electrons. The Balaban J connectivity index is 1.16. The predicted molar refractivity (Wildman–Crippen MR) is 136 cm³/mol. The van der Waals surface area contributed by atoms with Crippen molar-refractivity contribution < 1.29 is 23.9 Å². The monoisotopic (exact) mass is 506 g/mol. The van der Waals surface area contributed by atoms with Crippen molar-refractivity contribution in [2.24, 2.45) is 17.1 Å². The van der Waals surface area contributed by atoms with Crippen LogP contribution >= 0.6 is 0 Å². The SMILES string of the molecule is CC(C)(C)OC(=O)N[C@@H](Cc1ccccc1)C(=O)N[C@H]1C[C@@]2(C[C@@]3(Oc4ncccc4C(N)=O)CC23)C1. The number of nitrogens with two attached hydrogens (primary N) is 1. The first-order valence-corrected chi connectivity index (χ1v) is 12.8. The van der Waals surface area contributed by atoms with Gasteiger partial charge in [0, 0.05) is 24.6 Å². The van der Waals surface area contributed by atoms with Gasteiger partial charge in [0.15, 0.2) is 0 Å². The average Bonchev–Trinajstić information content (AvgIpc) is 3.39. The van der Waals surface area contributed by atoms with Crippen LogP contribution in [0, 0.1) is 11.3 Å². The van der Waals surface area contributed by atoms with Crippen molar-refractivity contribution in [3.8, 4) is 5.88 Å². The summed E-state index contributed by atoms with van der Waals surface area (Å²) in [5, 5.41) is 5.88. The molecule has 9 heteroatoms. The first kappa shape index (κ1) is 25.0. The summed E-state index contributed by atoms with van der Waals surface area (Å²) in [4.78, 5) is 41.6. The molecular weight excluding hydrogens is 472 g/mol. The summed E-state index contributed by atoms with van der Waals surface area (Å²) in [6.45, 7) is 5.36. The molecule has 5 rings (SSSR count). The predicted octanol–water partition coefficient (Wildman–Crippen LogP) is 3.12. The maximum absolute atomic E-state index is 13.2. The minimum atomic E-state index is -0.741. The van der Waals surface area contributed by atoms with E-state index in [0.29, 0.717) is 23.8 Å². The standard InChI is InChI=1S/C28H34N4O5/c1-26(2,3)37-25(35)32-20(12-17-8-5-4-6-9-17)23(34)31-18-13-27(14-18)16-28(15-21(27)28)36-24-19(22(29)33)10-7-11-30-24/h4-11,18,20-21H,12-16H2,1-3H3,(H2,29,33)(H,31,34)(H,32,35)/t18-,20-,21?,27-,28-/m0/s1. The van der Waals surface area contributed by atoms with E-state index in [1.807, 2.05) is 30.3 Å². The summed E-state index contributed by atoms with van der Waals surface area (Å²) in [6, 6.07) is 12.2. The van der Waals surface area contributed by atoms with Gasteiger partial charge in [-0.3, -0.25) is 9.59 Å². The highest BCUT2D eigenvalue weighted by Gasteiger charge is 2.79. The van der Waals surface area contributed by atoms with Crippen LogP contribution in [0.15, 0.2) is 48.7 Å². The minimum absolute atomic E-state index is 0.0424. The lowest BCUT2D eigenvalue weighted by atomic mass is 9.52. The van der Waals surface area contributed by atoms with Gasteiger partial charge in [0.2, 0.25) is 11.8 Å². The Morgan fingerprint density at radius 3 is 2.49 bits per heavy atom. The van der Waals surface area contributed by atoms with Crippen LogP contribution < -0.4 is 21.1 Å². The molecule has 3 atom stereocenters. The van der Waals surface area contributed by atoms with Gasteiger partial charge < -0.3 is 25.8 Å². The smallest absolute Gasteiger partial charge is 0.408 e. The van der Waals surface area contributed by atoms with Crippen LogP contribution in [-0.2, 0) is 16.0 Å². The van der Waals surface area contributed by atoms with Crippen molar-refractivity contribution in [1.29, 1.82) is 0 Å². The number of nitrogens with zero attached hydrogens (tertiary/aromatic N) is 1. The zero-order valence-corrected chi connectivity index (χ0v) is 21.5. The fourth-order valence-electron chi connectivity index (χ4n) is 6.11. The molecule has 9 nitrogen and oxygen atoms in total. The third-order valence-electron chi connectivity index (χ3n) is 7.69. The van der Waals surface area contributed by atoms with Crippen LogP contribution in [0.1, 0.15) is 62.4 Å². The van der Waals surface area contributed by atoms with Gasteiger partial charge in [-0.1, -0.05) is 30.3 Å². The second kappa shape index (κ2) is 9.04. The number of carbonyl (C=O) groups excluding carboxylic acids is 3. The molecule has 3 amide bonds. The Morgan fingerprint density at radius 2 is 1.84 bits per heavy atom. The van der Waals surface area contributed by atoms with Crippen LogP contribution in [0.3, 0.4) is 0 Å². The van der Waals surface area contributed by atoms with Gasteiger partial charge in [0.1, 0.15) is 22.8 Å². The molecule has 2 aromatic rings. The lowest BCUT2D eigenvalue weighted by Crippen LogP contribution is -2.62. The Hall–Kier alpha value is -3.62. The number of hydrogen-bond acceptors (Lipinski definition) is 6. The molecule has 1 aromatic carbocycles. The number of primary amides is 1. The van der Waals surface area contributed by atoms with Crippen LogP contribution in [0.25, 0.3) is 0 Å². The summed E-state index contributed by atoms with van der Waals surface area (Å²) in [7, 11) is 0. The molecule has 1 heterocycles. The van der Waals surface area contributed by atoms with Crippen LogP contribution in [0.2, 0.25) is 0 Å². The van der Waals surface area contributed by atoms with Crippen LogP contribution in [0.5, 0.6) is 5.88 Å². The maximum Gasteiger partial charge on any atom is 0.408 e. The molecular formula is C28H34N4O5. The number of aromatic nitrogens is 1. The number of hydrogen-bond donors (Lipinski definition) is 3. The van der Waals surface area contributed by atoms with Gasteiger partial charge in [-0.2, -0.15) is 0 Å². The highest BCUT2D eigenvalue weighted by molar-refractivity contribution is 5.95. The van der Waals surface area contributed by atoms with Gasteiger partial charge in [0.05, 0.1) is 0 Å². The molecule has 1 spiro atoms. The zero-order valence-electron chi connectivity index (χ0n) is 21.5. The lowest BCUT2D eigenvalue weighted by Gasteiger charge is -2.56. The van der Waals surface area contributed by atoms with Crippen molar-refractivity contribution in [3.05, 3.63) is 59.8 Å². The van der Waals surface area contributed by atoms with Gasteiger partial charge in [-0.05, 0) is 69.6 Å². The molecule has 0 aliphatic heterocycles. The molecule has 0 bridgehead atoms. The van der Waals surface area contributed by atoms with Crippen LogP contribution in [-0.4, -0.2) is 46.2 Å². The molecule has 4 N–H and O–H groups in total. The second-order valence-electron chi connectivity index (χ2n) is 11.7. The normalized spacial score (nSPS) is 28.1. The largest absolute Gasteiger partial charge is 0.470 e. The van der Waals surface area contributed by atoms with Crippen molar-refractivity contribution in [2.45, 2.75) is 76.2 Å². The summed E-state index contributed by atoms with van der Waals surface area (Å²) < 4.78 is 11.6. The highest BCUT2D eigenvalue weighted by atomic mass is 16.6. The number of carbonyl (C=O) groups is 3. The van der Waals surface area contributed by atoms with E-state index in [-0.39, 0.29) is 23.0 Å². The molecule has 3 aliphatic carbocycles. The summed E-state index contributed by atoms with van der Waals surface area (Å²) in [6.07, 6.45) is 4.87. The lowest BCUT2D eigenvalue weighted by molar-refractivity contribution is -0.130. The fourth-order valence-corrected chi connectivity index (χ4v) is 6.11. The number of rotatable bonds is 8. The number of benzene rings is 1. The zero-order chi connectivity index (χ0) is 26.4. The quantitative estimate of drug-likeness (QED) is 0.504. The molecule has 3 saturated carbocycles. The van der Waals surface area contributed by atoms with Crippen molar-refractivity contribution in [2.75, 3.05) is 0 Å². The van der Waals surface area contributed by atoms with E-state index < -0.39 is 23.6 Å². The van der Waals surface area contributed by atoms with Crippen LogP contribution in [0.4, 0.5) is 4.79 Å². The Morgan fingerprint density at radius 1 is 1.11 bits per heavy atom. The van der Waals surface area contributed by atoms with E-state index in [2.05, 4.69) is 15.6 Å². The van der Waals surface area contributed by atoms with Crippen molar-refractivity contribution in [3.63, 3.8) is 0 Å². The van der Waals surface area contributed by atoms with E-state index in [4.69, 9.17) is 15.2 Å². The van der Waals surface area contributed by atoms with Crippen molar-refractivity contribution >= 4 is 17.9 Å². The molecule has 3 aliphatic rings. The number of ether oxygens (including phenoxy) is 2. The fraction of sp³-hybridized carbons (Fsp3) is 0.500. The van der Waals surface area contributed by atoms with E-state index in [1.54, 1.807) is 39.1 Å². The van der Waals surface area contributed by atoms with E-state index in [1.165, 1.54) is 0 Å². The van der Waals surface area contributed by atoms with Gasteiger partial charge in [-0.25, -0.2) is 9.78 Å². The Bertz CT molecular complexity index is 1200. The van der Waals surface area contributed by atoms with Gasteiger partial charge >= 0.3 is 6.09 Å². The first-order valence-electron chi connectivity index (χ1n) is 12.8. The summed E-state index contributed by atoms with van der Waals surface area (Å²) in [5.41, 5.74) is 5.92.